The van der Waals surface area contributed by atoms with Crippen molar-refractivity contribution in [1.29, 1.82) is 0 Å². The van der Waals surface area contributed by atoms with Gasteiger partial charge in [-0.05, 0) is 57.5 Å². The number of aromatic nitrogens is 3. The Kier molecular flexibility index (Phi) is 7.77. The molecule has 2 N–H and O–H groups in total. The molecule has 0 spiro atoms. The topological polar surface area (TPSA) is 89.1 Å². The van der Waals surface area contributed by atoms with Gasteiger partial charge in [0.2, 0.25) is 0 Å². The lowest BCUT2D eigenvalue weighted by Crippen LogP contribution is -2.43. The van der Waals surface area contributed by atoms with E-state index in [1.807, 2.05) is 31.2 Å². The van der Waals surface area contributed by atoms with Crippen LogP contribution in [0.5, 0.6) is 5.75 Å². The van der Waals surface area contributed by atoms with E-state index in [1.54, 1.807) is 33.2 Å². The molecule has 0 unspecified atom stereocenters. The van der Waals surface area contributed by atoms with Crippen LogP contribution in [0.3, 0.4) is 0 Å². The van der Waals surface area contributed by atoms with E-state index in [1.165, 1.54) is 6.07 Å². The largest absolute Gasteiger partial charge is 0.490 e. The number of aromatic amines is 1. The third-order valence-electron chi connectivity index (χ3n) is 5.52. The number of pyridine rings is 1. The van der Waals surface area contributed by atoms with E-state index >= 15 is 0 Å². The molecule has 0 radical (unpaired) electrons. The van der Waals surface area contributed by atoms with Crippen LogP contribution in [0.2, 0.25) is 0 Å². The highest BCUT2D eigenvalue weighted by Crippen LogP contribution is 2.28. The lowest BCUT2D eigenvalue weighted by Gasteiger charge is -2.24. The van der Waals surface area contributed by atoms with Gasteiger partial charge in [-0.1, -0.05) is 22.0 Å². The molecule has 4 rings (SSSR count). The van der Waals surface area contributed by atoms with Gasteiger partial charge < -0.3 is 14.8 Å². The quantitative estimate of drug-likeness (QED) is 0.264. The van der Waals surface area contributed by atoms with Crippen molar-refractivity contribution < 1.29 is 23.0 Å². The summed E-state index contributed by atoms with van der Waals surface area (Å²) in [4.78, 5) is 16.8. The highest BCUT2D eigenvalue weighted by atomic mass is 79.9. The number of carbonyl (C=O) groups excluding carboxylic acids is 1. The molecule has 0 aliphatic carbocycles. The molecule has 1 atom stereocenters. The number of amides is 1. The van der Waals surface area contributed by atoms with Crippen LogP contribution in [-0.4, -0.2) is 39.5 Å². The first kappa shape index (κ1) is 26.5. The van der Waals surface area contributed by atoms with Gasteiger partial charge in [0.15, 0.2) is 0 Å². The Morgan fingerprint density at radius 3 is 2.65 bits per heavy atom. The van der Waals surface area contributed by atoms with E-state index in [9.17, 15) is 13.6 Å². The molecule has 0 fully saturated rings. The van der Waals surface area contributed by atoms with Crippen LogP contribution in [0.15, 0.2) is 53.3 Å². The SMILES string of the molecule is Cc1[nH]nc2ccc(-c3cncc(OC[C@H](Cc4c(F)cc(F)cc4Br)NC(=O)OC(C)(C)C)c3)cc12. The van der Waals surface area contributed by atoms with Crippen molar-refractivity contribution in [3.63, 3.8) is 0 Å². The number of ether oxygens (including phenoxy) is 2. The molecule has 2 heterocycles. The molecule has 1 amide bonds. The Morgan fingerprint density at radius 1 is 1.14 bits per heavy atom. The Labute approximate surface area is 221 Å². The van der Waals surface area contributed by atoms with Crippen LogP contribution in [0, 0.1) is 18.6 Å². The number of fused-ring (bicyclic) bond motifs is 1. The predicted octanol–water partition coefficient (Wildman–Crippen LogP) is 6.49. The smallest absolute Gasteiger partial charge is 0.408 e. The molecule has 2 aromatic heterocycles. The van der Waals surface area contributed by atoms with Gasteiger partial charge in [-0.2, -0.15) is 5.10 Å². The number of alkyl carbamates (subject to hydrolysis) is 1. The lowest BCUT2D eigenvalue weighted by molar-refractivity contribution is 0.0487. The van der Waals surface area contributed by atoms with E-state index in [2.05, 4.69) is 36.4 Å². The summed E-state index contributed by atoms with van der Waals surface area (Å²) in [6, 6.07) is 9.04. The maximum absolute atomic E-state index is 14.5. The highest BCUT2D eigenvalue weighted by molar-refractivity contribution is 9.10. The van der Waals surface area contributed by atoms with Crippen molar-refractivity contribution in [3.05, 3.63) is 76.2 Å². The first-order valence-corrected chi connectivity index (χ1v) is 12.4. The molecule has 0 saturated carbocycles. The maximum atomic E-state index is 14.5. The number of nitrogens with one attached hydrogen (secondary N) is 2. The minimum absolute atomic E-state index is 0.00644. The molecule has 194 valence electrons. The summed E-state index contributed by atoms with van der Waals surface area (Å²) in [5, 5.41) is 11.0. The summed E-state index contributed by atoms with van der Waals surface area (Å²) in [6.07, 6.45) is 2.65. The van der Waals surface area contributed by atoms with Crippen molar-refractivity contribution in [3.8, 4) is 16.9 Å². The number of hydrogen-bond donors (Lipinski definition) is 2. The van der Waals surface area contributed by atoms with E-state index < -0.39 is 29.4 Å². The average molecular weight is 573 g/mol. The van der Waals surface area contributed by atoms with Crippen molar-refractivity contribution in [2.45, 2.75) is 45.8 Å². The molecule has 7 nitrogen and oxygen atoms in total. The molecule has 37 heavy (non-hydrogen) atoms. The number of halogens is 3. The summed E-state index contributed by atoms with van der Waals surface area (Å²) in [7, 11) is 0. The Morgan fingerprint density at radius 2 is 1.92 bits per heavy atom. The van der Waals surface area contributed by atoms with Crippen LogP contribution in [0.1, 0.15) is 32.0 Å². The van der Waals surface area contributed by atoms with Crippen molar-refractivity contribution in [2.24, 2.45) is 0 Å². The van der Waals surface area contributed by atoms with E-state index in [0.29, 0.717) is 5.75 Å². The second-order valence-electron chi connectivity index (χ2n) is 9.70. The van der Waals surface area contributed by atoms with Gasteiger partial charge in [0, 0.05) is 45.4 Å². The maximum Gasteiger partial charge on any atom is 0.408 e. The van der Waals surface area contributed by atoms with Gasteiger partial charge in [0.25, 0.3) is 0 Å². The monoisotopic (exact) mass is 572 g/mol. The number of H-pyrrole nitrogens is 1. The summed E-state index contributed by atoms with van der Waals surface area (Å²) in [6.45, 7) is 7.18. The molecule has 0 aliphatic heterocycles. The second kappa shape index (κ2) is 10.8. The van der Waals surface area contributed by atoms with Crippen molar-refractivity contribution >= 4 is 32.9 Å². The standard InChI is InChI=1S/C27H27BrF2N4O3/c1-15-21-8-16(5-6-25(21)34-33-15)17-7-20(13-31-12-17)36-14-19(32-26(35)37-27(2,3)4)11-22-23(28)9-18(29)10-24(22)30/h5-10,12-13,19H,11,14H2,1-4H3,(H,32,35)(H,33,34)/t19-/m0/s1. The number of benzene rings is 2. The van der Waals surface area contributed by atoms with Crippen LogP contribution >= 0.6 is 15.9 Å². The first-order valence-electron chi connectivity index (χ1n) is 11.6. The molecule has 0 saturated heterocycles. The fraction of sp³-hybridized carbons (Fsp3) is 0.296. The zero-order valence-corrected chi connectivity index (χ0v) is 22.4. The molecule has 0 aliphatic rings. The molecule has 0 bridgehead atoms. The molecular formula is C27H27BrF2N4O3. The average Bonchev–Trinajstić information content (AvgIpc) is 3.18. The van der Waals surface area contributed by atoms with Crippen LogP contribution in [-0.2, 0) is 11.2 Å². The minimum Gasteiger partial charge on any atom is -0.490 e. The zero-order valence-electron chi connectivity index (χ0n) is 20.9. The number of rotatable bonds is 7. The van der Waals surface area contributed by atoms with Gasteiger partial charge >= 0.3 is 6.09 Å². The predicted molar refractivity (Wildman–Crippen MR) is 140 cm³/mol. The van der Waals surface area contributed by atoms with Crippen LogP contribution < -0.4 is 10.1 Å². The summed E-state index contributed by atoms with van der Waals surface area (Å²) in [5.41, 5.74) is 3.11. The number of aryl methyl sites for hydroxylation is 1. The highest BCUT2D eigenvalue weighted by Gasteiger charge is 2.23. The van der Waals surface area contributed by atoms with E-state index in [-0.39, 0.29) is 23.1 Å². The van der Waals surface area contributed by atoms with Gasteiger partial charge in [-0.3, -0.25) is 10.1 Å². The van der Waals surface area contributed by atoms with E-state index in [4.69, 9.17) is 9.47 Å². The van der Waals surface area contributed by atoms with Crippen molar-refractivity contribution in [2.75, 3.05) is 6.61 Å². The summed E-state index contributed by atoms with van der Waals surface area (Å²) >= 11 is 3.21. The minimum atomic E-state index is -0.725. The molecule has 10 heteroatoms. The summed E-state index contributed by atoms with van der Waals surface area (Å²) in [5.74, 6) is -0.958. The third kappa shape index (κ3) is 6.82. The second-order valence-corrected chi connectivity index (χ2v) is 10.6. The van der Waals surface area contributed by atoms with Gasteiger partial charge in [-0.25, -0.2) is 13.6 Å². The zero-order chi connectivity index (χ0) is 26.7. The van der Waals surface area contributed by atoms with Crippen LogP contribution in [0.4, 0.5) is 13.6 Å². The Balaban J connectivity index is 1.54. The van der Waals surface area contributed by atoms with Gasteiger partial charge in [0.05, 0.1) is 17.8 Å². The number of hydrogen-bond acceptors (Lipinski definition) is 5. The van der Waals surface area contributed by atoms with Gasteiger partial charge in [-0.15, -0.1) is 0 Å². The normalized spacial score (nSPS) is 12.4. The lowest BCUT2D eigenvalue weighted by atomic mass is 10.0. The van der Waals surface area contributed by atoms with Gasteiger partial charge in [0.1, 0.15) is 29.6 Å². The molecular weight excluding hydrogens is 546 g/mol. The Hall–Kier alpha value is -3.53. The van der Waals surface area contributed by atoms with Crippen LogP contribution in [0.25, 0.3) is 22.0 Å². The number of nitrogens with zero attached hydrogens (tertiary/aromatic N) is 2. The number of carbonyl (C=O) groups is 1. The third-order valence-corrected chi connectivity index (χ3v) is 6.23. The first-order chi connectivity index (χ1) is 17.5. The fourth-order valence-electron chi connectivity index (χ4n) is 3.81. The summed E-state index contributed by atoms with van der Waals surface area (Å²) < 4.78 is 39.7. The van der Waals surface area contributed by atoms with Crippen molar-refractivity contribution in [1.82, 2.24) is 20.5 Å². The van der Waals surface area contributed by atoms with E-state index in [0.717, 1.165) is 33.8 Å². The Bertz CT molecular complexity index is 1410. The molecule has 2 aromatic carbocycles. The fourth-order valence-corrected chi connectivity index (χ4v) is 4.38. The molecule has 4 aromatic rings.